The van der Waals surface area contributed by atoms with Crippen LogP contribution >= 0.6 is 0 Å². The maximum Gasteiger partial charge on any atom is 0.165 e. The van der Waals surface area contributed by atoms with E-state index in [1.54, 1.807) is 0 Å². The number of rotatable bonds is 1. The van der Waals surface area contributed by atoms with Crippen molar-refractivity contribution in [1.82, 2.24) is 0 Å². The van der Waals surface area contributed by atoms with Crippen LogP contribution in [0, 0.1) is 11.3 Å². The fraction of sp³-hybridized carbons (Fsp3) is 0.111. The van der Waals surface area contributed by atoms with Crippen LogP contribution < -0.4 is 5.73 Å². The number of nitrogens with zero attached hydrogens (tertiary/aromatic N) is 1. The Bertz CT molecular complexity index is 382. The molecule has 1 aromatic carbocycles. The molecule has 0 heterocycles. The van der Waals surface area contributed by atoms with Gasteiger partial charge in [-0.3, -0.25) is 4.79 Å². The van der Waals surface area contributed by atoms with Crippen LogP contribution in [0.25, 0.3) is 0 Å². The van der Waals surface area contributed by atoms with Crippen LogP contribution in [0.4, 0.5) is 5.69 Å². The number of ketones is 1. The molecule has 0 aromatic heterocycles. The predicted octanol–water partition coefficient (Wildman–Crippen LogP) is 1.05. The number of hydrogen-bond donors (Lipinski definition) is 2. The molecule has 1 rings (SSSR count). The molecule has 0 saturated carbocycles. The quantitative estimate of drug-likeness (QED) is 0.494. The standard InChI is InChI=1S/C9H8N2O2/c1-5(12)9-7(11)2-6(4-10)3-8(9)13/h2-3,13H,11H2,1H3. The first-order valence-corrected chi connectivity index (χ1v) is 3.59. The number of anilines is 1. The second-order valence-corrected chi connectivity index (χ2v) is 2.63. The van der Waals surface area contributed by atoms with E-state index < -0.39 is 0 Å². The first kappa shape index (κ1) is 9.07. The van der Waals surface area contributed by atoms with Crippen LogP contribution in [0.15, 0.2) is 12.1 Å². The summed E-state index contributed by atoms with van der Waals surface area (Å²) < 4.78 is 0. The molecule has 1 aromatic rings. The molecule has 0 unspecified atom stereocenters. The zero-order chi connectivity index (χ0) is 10.0. The number of Topliss-reactive ketones (excluding diaryl/α,β-unsaturated/α-hetero) is 1. The highest BCUT2D eigenvalue weighted by atomic mass is 16.3. The summed E-state index contributed by atoms with van der Waals surface area (Å²) in [5.41, 5.74) is 5.90. The zero-order valence-electron chi connectivity index (χ0n) is 7.03. The molecule has 0 fully saturated rings. The van der Waals surface area contributed by atoms with Crippen molar-refractivity contribution < 1.29 is 9.90 Å². The number of nitrogens with two attached hydrogens (primary N) is 1. The van der Waals surface area contributed by atoms with Crippen LogP contribution in [0.1, 0.15) is 22.8 Å². The van der Waals surface area contributed by atoms with Crippen LogP contribution in [0.3, 0.4) is 0 Å². The second-order valence-electron chi connectivity index (χ2n) is 2.63. The Balaban J connectivity index is 3.42. The highest BCUT2D eigenvalue weighted by Gasteiger charge is 2.11. The van der Waals surface area contributed by atoms with Crippen LogP contribution in [-0.4, -0.2) is 10.9 Å². The van der Waals surface area contributed by atoms with Gasteiger partial charge in [-0.15, -0.1) is 0 Å². The van der Waals surface area contributed by atoms with Gasteiger partial charge < -0.3 is 10.8 Å². The van der Waals surface area contributed by atoms with Crippen LogP contribution in [0.2, 0.25) is 0 Å². The fourth-order valence-corrected chi connectivity index (χ4v) is 1.10. The van der Waals surface area contributed by atoms with Crippen molar-refractivity contribution in [1.29, 1.82) is 5.26 Å². The lowest BCUT2D eigenvalue weighted by Crippen LogP contribution is -2.00. The molecule has 0 bridgehead atoms. The number of hydrogen-bond acceptors (Lipinski definition) is 4. The van der Waals surface area contributed by atoms with Crippen molar-refractivity contribution in [2.45, 2.75) is 6.92 Å². The Hall–Kier alpha value is -2.02. The minimum atomic E-state index is -0.320. The van der Waals surface area contributed by atoms with Gasteiger partial charge in [-0.1, -0.05) is 0 Å². The fourth-order valence-electron chi connectivity index (χ4n) is 1.10. The van der Waals surface area contributed by atoms with E-state index in [-0.39, 0.29) is 28.3 Å². The van der Waals surface area contributed by atoms with Gasteiger partial charge in [0.2, 0.25) is 0 Å². The zero-order valence-corrected chi connectivity index (χ0v) is 7.03. The summed E-state index contributed by atoms with van der Waals surface area (Å²) in [6.45, 7) is 1.30. The topological polar surface area (TPSA) is 87.1 Å². The Morgan fingerprint density at radius 3 is 2.62 bits per heavy atom. The number of nitrogen functional groups attached to an aromatic ring is 1. The Kier molecular flexibility index (Phi) is 2.20. The summed E-state index contributed by atoms with van der Waals surface area (Å²) >= 11 is 0. The molecule has 13 heavy (non-hydrogen) atoms. The Labute approximate surface area is 75.2 Å². The number of nitriles is 1. The molecule has 0 atom stereocenters. The Morgan fingerprint density at radius 1 is 1.62 bits per heavy atom. The lowest BCUT2D eigenvalue weighted by atomic mass is 10.1. The van der Waals surface area contributed by atoms with Crippen LogP contribution in [-0.2, 0) is 0 Å². The normalized spacial score (nSPS) is 9.23. The molecular weight excluding hydrogens is 168 g/mol. The van der Waals surface area contributed by atoms with E-state index in [1.165, 1.54) is 19.1 Å². The highest BCUT2D eigenvalue weighted by molar-refractivity contribution is 6.01. The first-order valence-electron chi connectivity index (χ1n) is 3.59. The minimum absolute atomic E-state index is 0.0685. The average molecular weight is 176 g/mol. The molecule has 0 saturated heterocycles. The third-order valence-electron chi connectivity index (χ3n) is 1.63. The molecule has 0 aliphatic heterocycles. The van der Waals surface area contributed by atoms with Gasteiger partial charge in [0.15, 0.2) is 5.78 Å². The third-order valence-corrected chi connectivity index (χ3v) is 1.63. The molecule has 4 heteroatoms. The maximum absolute atomic E-state index is 11.0. The largest absolute Gasteiger partial charge is 0.507 e. The number of phenols is 1. The molecule has 0 aliphatic carbocycles. The number of benzene rings is 1. The minimum Gasteiger partial charge on any atom is -0.507 e. The molecule has 0 aliphatic rings. The number of phenolic OH excluding ortho intramolecular Hbond substituents is 1. The molecule has 3 N–H and O–H groups in total. The monoisotopic (exact) mass is 176 g/mol. The maximum atomic E-state index is 11.0. The van der Waals surface area contributed by atoms with Crippen molar-refractivity contribution in [3.8, 4) is 11.8 Å². The smallest absolute Gasteiger partial charge is 0.165 e. The van der Waals surface area contributed by atoms with Crippen molar-refractivity contribution in [3.05, 3.63) is 23.3 Å². The summed E-state index contributed by atoms with van der Waals surface area (Å²) in [7, 11) is 0. The average Bonchev–Trinajstić information content (AvgIpc) is 2.02. The number of aromatic hydroxyl groups is 1. The predicted molar refractivity (Wildman–Crippen MR) is 47.2 cm³/mol. The van der Waals surface area contributed by atoms with Gasteiger partial charge in [0.1, 0.15) is 5.75 Å². The third kappa shape index (κ3) is 1.59. The van der Waals surface area contributed by atoms with Gasteiger partial charge in [0, 0.05) is 5.69 Å². The Morgan fingerprint density at radius 2 is 2.23 bits per heavy atom. The van der Waals surface area contributed by atoms with Gasteiger partial charge >= 0.3 is 0 Å². The van der Waals surface area contributed by atoms with Gasteiger partial charge in [-0.2, -0.15) is 5.26 Å². The van der Waals surface area contributed by atoms with Crippen molar-refractivity contribution in [2.24, 2.45) is 0 Å². The molecule has 0 spiro atoms. The van der Waals surface area contributed by atoms with E-state index >= 15 is 0 Å². The summed E-state index contributed by atoms with van der Waals surface area (Å²) in [4.78, 5) is 11.0. The van der Waals surface area contributed by atoms with Gasteiger partial charge in [-0.25, -0.2) is 0 Å². The summed E-state index contributed by atoms with van der Waals surface area (Å²) in [5.74, 6) is -0.566. The van der Waals surface area contributed by atoms with Gasteiger partial charge in [0.25, 0.3) is 0 Å². The van der Waals surface area contributed by atoms with Gasteiger partial charge in [0.05, 0.1) is 17.2 Å². The van der Waals surface area contributed by atoms with Crippen molar-refractivity contribution in [2.75, 3.05) is 5.73 Å². The number of carbonyl (C=O) groups excluding carboxylic acids is 1. The van der Waals surface area contributed by atoms with E-state index in [2.05, 4.69) is 0 Å². The van der Waals surface area contributed by atoms with E-state index in [1.807, 2.05) is 6.07 Å². The van der Waals surface area contributed by atoms with Gasteiger partial charge in [-0.05, 0) is 19.1 Å². The SMILES string of the molecule is CC(=O)c1c(N)cc(C#N)cc1O. The van der Waals surface area contributed by atoms with Crippen molar-refractivity contribution >= 4 is 11.5 Å². The molecular formula is C9H8N2O2. The summed E-state index contributed by atoms with van der Waals surface area (Å²) in [5, 5.41) is 17.8. The number of carbonyl (C=O) groups is 1. The summed E-state index contributed by atoms with van der Waals surface area (Å²) in [6.07, 6.45) is 0. The lowest BCUT2D eigenvalue weighted by molar-refractivity contribution is 0.101. The first-order chi connectivity index (χ1) is 6.06. The molecule has 4 nitrogen and oxygen atoms in total. The van der Waals surface area contributed by atoms with E-state index in [0.29, 0.717) is 0 Å². The van der Waals surface area contributed by atoms with Crippen molar-refractivity contribution in [3.63, 3.8) is 0 Å². The van der Waals surface area contributed by atoms with Crippen LogP contribution in [0.5, 0.6) is 5.75 Å². The molecule has 0 radical (unpaired) electrons. The van der Waals surface area contributed by atoms with E-state index in [0.717, 1.165) is 0 Å². The second kappa shape index (κ2) is 3.15. The molecule has 0 amide bonds. The van der Waals surface area contributed by atoms with E-state index in [9.17, 15) is 9.90 Å². The summed E-state index contributed by atoms with van der Waals surface area (Å²) in [6, 6.07) is 4.40. The van der Waals surface area contributed by atoms with E-state index in [4.69, 9.17) is 11.0 Å². The lowest BCUT2D eigenvalue weighted by Gasteiger charge is -2.04. The highest BCUT2D eigenvalue weighted by Crippen LogP contribution is 2.25. The molecule has 66 valence electrons.